The van der Waals surface area contributed by atoms with Crippen LogP contribution in [0.2, 0.25) is 0 Å². The number of benzene rings is 4. The van der Waals surface area contributed by atoms with Gasteiger partial charge in [-0.1, -0.05) is 90.0 Å². The van der Waals surface area contributed by atoms with Crippen LogP contribution in [0, 0.1) is 0 Å². The number of fused-ring (bicyclic) bond motifs is 5. The number of hydrogen-bond acceptors (Lipinski definition) is 6. The van der Waals surface area contributed by atoms with Crippen molar-refractivity contribution >= 4 is 23.9 Å². The van der Waals surface area contributed by atoms with Crippen LogP contribution in [0.1, 0.15) is 54.9 Å². The second-order valence-corrected chi connectivity index (χ2v) is 10.2. The quantitative estimate of drug-likeness (QED) is 0.324. The summed E-state index contributed by atoms with van der Waals surface area (Å²) in [4.78, 5) is 59.7. The molecule has 4 aromatic carbocycles. The zero-order chi connectivity index (χ0) is 28.1. The molecule has 1 unspecified atom stereocenters. The fraction of sp³-hybridized carbons (Fsp3) is 0.152. The maximum Gasteiger partial charge on any atom is 0.410 e. The Labute approximate surface area is 235 Å². The van der Waals surface area contributed by atoms with Crippen molar-refractivity contribution in [1.82, 2.24) is 9.96 Å². The van der Waals surface area contributed by atoms with E-state index >= 15 is 0 Å². The molecule has 8 nitrogen and oxygen atoms in total. The van der Waals surface area contributed by atoms with Crippen LogP contribution >= 0.6 is 0 Å². The van der Waals surface area contributed by atoms with Gasteiger partial charge in [-0.25, -0.2) is 9.59 Å². The van der Waals surface area contributed by atoms with Crippen molar-refractivity contribution in [2.24, 2.45) is 0 Å². The van der Waals surface area contributed by atoms with Crippen molar-refractivity contribution in [2.75, 3.05) is 13.2 Å². The maximum atomic E-state index is 13.6. The molecule has 2 heterocycles. The van der Waals surface area contributed by atoms with Crippen LogP contribution in [0.25, 0.3) is 11.1 Å². The zero-order valence-corrected chi connectivity index (χ0v) is 21.9. The standard InChI is InChI=1S/C33H24N2O6/c36-30-26-15-7-8-16-27(26)31(37)35(30)41-32(38)29-21-10-2-1-9-20(21)17-18-34(29)33(39)40-19-28-24-13-5-3-11-22(24)23-12-4-6-14-25(23)28/h1-16,28-29H,17-19H2. The van der Waals surface area contributed by atoms with Crippen LogP contribution in [0.15, 0.2) is 97.1 Å². The molecule has 8 heteroatoms. The number of carbonyl (C=O) groups excluding carboxylic acids is 4. The average Bonchev–Trinajstić information content (AvgIpc) is 3.46. The Balaban J connectivity index is 1.14. The molecule has 3 aliphatic rings. The predicted molar refractivity (Wildman–Crippen MR) is 148 cm³/mol. The molecule has 0 aromatic heterocycles. The summed E-state index contributed by atoms with van der Waals surface area (Å²) in [5.74, 6) is -2.51. The fourth-order valence-corrected chi connectivity index (χ4v) is 6.08. The zero-order valence-electron chi connectivity index (χ0n) is 21.9. The van der Waals surface area contributed by atoms with E-state index in [0.29, 0.717) is 17.0 Å². The first-order valence-electron chi connectivity index (χ1n) is 13.4. The summed E-state index contributed by atoms with van der Waals surface area (Å²) < 4.78 is 5.87. The molecular weight excluding hydrogens is 520 g/mol. The first-order chi connectivity index (χ1) is 20.0. The first-order valence-corrected chi connectivity index (χ1v) is 13.4. The van der Waals surface area contributed by atoms with Crippen molar-refractivity contribution in [3.05, 3.63) is 130 Å². The summed E-state index contributed by atoms with van der Waals surface area (Å²) in [5, 5.41) is 0.472. The van der Waals surface area contributed by atoms with Crippen LogP contribution in [0.4, 0.5) is 4.79 Å². The van der Waals surface area contributed by atoms with Crippen molar-refractivity contribution in [1.29, 1.82) is 0 Å². The normalized spacial score (nSPS) is 17.0. The molecule has 0 saturated carbocycles. The van der Waals surface area contributed by atoms with E-state index in [9.17, 15) is 19.2 Å². The van der Waals surface area contributed by atoms with Crippen molar-refractivity contribution < 1.29 is 28.8 Å². The molecule has 41 heavy (non-hydrogen) atoms. The van der Waals surface area contributed by atoms with Gasteiger partial charge >= 0.3 is 12.1 Å². The van der Waals surface area contributed by atoms with Crippen LogP contribution in [-0.4, -0.2) is 47.0 Å². The maximum absolute atomic E-state index is 13.6. The average molecular weight is 545 g/mol. The first kappa shape index (κ1) is 24.8. The Hall–Kier alpha value is -5.24. The minimum absolute atomic E-state index is 0.0885. The van der Waals surface area contributed by atoms with Crippen molar-refractivity contribution in [2.45, 2.75) is 18.4 Å². The van der Waals surface area contributed by atoms with E-state index in [4.69, 9.17) is 9.57 Å². The Morgan fingerprint density at radius 1 is 0.683 bits per heavy atom. The molecular formula is C33H24N2O6. The Bertz CT molecular complexity index is 1670. The van der Waals surface area contributed by atoms with Gasteiger partial charge in [0, 0.05) is 12.5 Å². The molecule has 4 aromatic rings. The molecule has 0 bridgehead atoms. The summed E-state index contributed by atoms with van der Waals surface area (Å²) in [5.41, 5.74) is 6.12. The number of imide groups is 1. The van der Waals surface area contributed by atoms with Crippen LogP contribution in [0.3, 0.4) is 0 Å². The summed E-state index contributed by atoms with van der Waals surface area (Å²) in [6, 6.07) is 28.4. The van der Waals surface area contributed by atoms with E-state index in [1.165, 1.54) is 17.0 Å². The Morgan fingerprint density at radius 2 is 1.20 bits per heavy atom. The van der Waals surface area contributed by atoms with E-state index in [2.05, 4.69) is 12.1 Å². The van der Waals surface area contributed by atoms with Gasteiger partial charge in [-0.3, -0.25) is 14.5 Å². The summed E-state index contributed by atoms with van der Waals surface area (Å²) in [6.45, 7) is 0.292. The fourth-order valence-electron chi connectivity index (χ4n) is 6.08. The highest BCUT2D eigenvalue weighted by Crippen LogP contribution is 2.44. The molecule has 202 valence electrons. The predicted octanol–water partition coefficient (Wildman–Crippen LogP) is 5.29. The lowest BCUT2D eigenvalue weighted by Gasteiger charge is -2.35. The van der Waals surface area contributed by atoms with E-state index in [0.717, 1.165) is 27.8 Å². The highest BCUT2D eigenvalue weighted by atomic mass is 16.7. The third-order valence-electron chi connectivity index (χ3n) is 8.02. The molecule has 0 saturated heterocycles. The molecule has 0 radical (unpaired) electrons. The molecule has 0 N–H and O–H groups in total. The number of amides is 3. The van der Waals surface area contributed by atoms with Gasteiger partial charge in [0.15, 0.2) is 6.04 Å². The number of hydroxylamine groups is 2. The van der Waals surface area contributed by atoms with E-state index < -0.39 is 29.9 Å². The SMILES string of the molecule is O=C(ON1C(=O)c2ccccc2C1=O)C1c2ccccc2CCN1C(=O)OCC1c2ccccc2-c2ccccc21. The third kappa shape index (κ3) is 3.98. The lowest BCUT2D eigenvalue weighted by Crippen LogP contribution is -2.46. The Morgan fingerprint density at radius 3 is 1.80 bits per heavy atom. The summed E-state index contributed by atoms with van der Waals surface area (Å²) >= 11 is 0. The molecule has 2 aliphatic heterocycles. The topological polar surface area (TPSA) is 93.2 Å². The van der Waals surface area contributed by atoms with Gasteiger partial charge in [-0.05, 0) is 51.9 Å². The van der Waals surface area contributed by atoms with Gasteiger partial charge in [0.05, 0.1) is 11.1 Å². The molecule has 0 fully saturated rings. The van der Waals surface area contributed by atoms with Gasteiger partial charge in [-0.2, -0.15) is 0 Å². The van der Waals surface area contributed by atoms with Crippen molar-refractivity contribution in [3.63, 3.8) is 0 Å². The second kappa shape index (κ2) is 9.75. The molecule has 7 rings (SSSR count). The minimum Gasteiger partial charge on any atom is -0.448 e. The van der Waals surface area contributed by atoms with Gasteiger partial charge in [0.25, 0.3) is 11.8 Å². The van der Waals surface area contributed by atoms with Gasteiger partial charge in [-0.15, -0.1) is 0 Å². The number of nitrogens with zero attached hydrogens (tertiary/aromatic N) is 2. The molecule has 1 atom stereocenters. The largest absolute Gasteiger partial charge is 0.448 e. The highest BCUT2D eigenvalue weighted by Gasteiger charge is 2.44. The van der Waals surface area contributed by atoms with E-state index in [1.54, 1.807) is 24.3 Å². The lowest BCUT2D eigenvalue weighted by atomic mass is 9.93. The van der Waals surface area contributed by atoms with Crippen LogP contribution in [-0.2, 0) is 20.8 Å². The number of carbonyl (C=O) groups is 4. The van der Waals surface area contributed by atoms with Gasteiger partial charge in [0.1, 0.15) is 6.61 Å². The Kier molecular flexibility index (Phi) is 5.89. The van der Waals surface area contributed by atoms with Crippen LogP contribution < -0.4 is 0 Å². The van der Waals surface area contributed by atoms with Gasteiger partial charge < -0.3 is 9.57 Å². The third-order valence-corrected chi connectivity index (χ3v) is 8.02. The van der Waals surface area contributed by atoms with E-state index in [-0.39, 0.29) is 30.2 Å². The number of ether oxygens (including phenoxy) is 1. The molecule has 1 aliphatic carbocycles. The number of hydrogen-bond donors (Lipinski definition) is 0. The highest BCUT2D eigenvalue weighted by molar-refractivity contribution is 6.21. The minimum atomic E-state index is -1.19. The van der Waals surface area contributed by atoms with E-state index in [1.807, 2.05) is 48.5 Å². The lowest BCUT2D eigenvalue weighted by molar-refractivity contribution is -0.175. The summed E-state index contributed by atoms with van der Waals surface area (Å²) in [7, 11) is 0. The van der Waals surface area contributed by atoms with Gasteiger partial charge in [0.2, 0.25) is 0 Å². The van der Waals surface area contributed by atoms with Crippen LogP contribution in [0.5, 0.6) is 0 Å². The summed E-state index contributed by atoms with van der Waals surface area (Å²) in [6.07, 6.45) is -0.164. The second-order valence-electron chi connectivity index (χ2n) is 10.2. The number of rotatable bonds is 4. The molecule has 3 amide bonds. The molecule has 0 spiro atoms. The van der Waals surface area contributed by atoms with Crippen molar-refractivity contribution in [3.8, 4) is 11.1 Å². The smallest absolute Gasteiger partial charge is 0.410 e. The monoisotopic (exact) mass is 544 g/mol.